The fourth-order valence-electron chi connectivity index (χ4n) is 1.61. The number of hydrogen-bond acceptors (Lipinski definition) is 3. The van der Waals surface area contributed by atoms with Crippen LogP contribution in [-0.2, 0) is 0 Å². The van der Waals surface area contributed by atoms with Gasteiger partial charge in [0.2, 0.25) is 0 Å². The summed E-state index contributed by atoms with van der Waals surface area (Å²) in [7, 11) is 0. The minimum Gasteiger partial charge on any atom is -0.508 e. The van der Waals surface area contributed by atoms with Gasteiger partial charge in [0.25, 0.3) is 5.91 Å². The molecule has 4 nitrogen and oxygen atoms in total. The summed E-state index contributed by atoms with van der Waals surface area (Å²) < 4.78 is 0. The first-order valence-corrected chi connectivity index (χ1v) is 5.84. The van der Waals surface area contributed by atoms with Crippen LogP contribution in [-0.4, -0.2) is 29.3 Å². The Morgan fingerprint density at radius 3 is 2.71 bits per heavy atom. The van der Waals surface area contributed by atoms with Gasteiger partial charge < -0.3 is 15.5 Å². The summed E-state index contributed by atoms with van der Waals surface area (Å²) in [4.78, 5) is 11.8. The van der Waals surface area contributed by atoms with Crippen LogP contribution in [0.25, 0.3) is 0 Å². The van der Waals surface area contributed by atoms with Crippen molar-refractivity contribution in [3.8, 4) is 5.75 Å². The molecule has 0 saturated carbocycles. The summed E-state index contributed by atoms with van der Waals surface area (Å²) in [5.41, 5.74) is 1.35. The van der Waals surface area contributed by atoms with E-state index in [1.165, 1.54) is 6.07 Å². The average molecular weight is 237 g/mol. The average Bonchev–Trinajstić information content (AvgIpc) is 2.28. The number of aryl methyl sites for hydroxylation is 1. The Morgan fingerprint density at radius 1 is 1.29 bits per heavy atom. The first kappa shape index (κ1) is 13.5. The standard InChI is InChI=1S/C13H19NO3/c1-10-9-11(16)5-6-12(10)13(17)14-7-3-2-4-8-15/h5-6,9,15-16H,2-4,7-8H2,1H3,(H,14,17). The number of carbonyl (C=O) groups is 1. The molecule has 0 aliphatic heterocycles. The fraction of sp³-hybridized carbons (Fsp3) is 0.462. The number of carbonyl (C=O) groups excluding carboxylic acids is 1. The molecule has 17 heavy (non-hydrogen) atoms. The van der Waals surface area contributed by atoms with Crippen LogP contribution in [0.1, 0.15) is 35.2 Å². The molecule has 0 aliphatic rings. The molecule has 0 bridgehead atoms. The van der Waals surface area contributed by atoms with E-state index < -0.39 is 0 Å². The van der Waals surface area contributed by atoms with E-state index in [1.807, 2.05) is 0 Å². The van der Waals surface area contributed by atoms with E-state index in [2.05, 4.69) is 5.32 Å². The van der Waals surface area contributed by atoms with E-state index >= 15 is 0 Å². The van der Waals surface area contributed by atoms with Gasteiger partial charge in [-0.1, -0.05) is 0 Å². The summed E-state index contributed by atoms with van der Waals surface area (Å²) in [6, 6.07) is 4.70. The maximum atomic E-state index is 11.8. The van der Waals surface area contributed by atoms with Gasteiger partial charge in [0.1, 0.15) is 5.75 Å². The van der Waals surface area contributed by atoms with Crippen molar-refractivity contribution in [2.75, 3.05) is 13.2 Å². The van der Waals surface area contributed by atoms with Gasteiger partial charge in [-0.25, -0.2) is 0 Å². The molecule has 0 spiro atoms. The molecule has 0 unspecified atom stereocenters. The summed E-state index contributed by atoms with van der Waals surface area (Å²) in [5, 5.41) is 20.7. The number of aliphatic hydroxyl groups excluding tert-OH is 1. The van der Waals surface area contributed by atoms with Crippen LogP contribution in [0.2, 0.25) is 0 Å². The van der Waals surface area contributed by atoms with E-state index in [0.29, 0.717) is 12.1 Å². The van der Waals surface area contributed by atoms with E-state index in [9.17, 15) is 9.90 Å². The molecular formula is C13H19NO3. The molecule has 94 valence electrons. The number of hydrogen-bond donors (Lipinski definition) is 3. The molecule has 3 N–H and O–H groups in total. The molecule has 0 aliphatic carbocycles. The largest absolute Gasteiger partial charge is 0.508 e. The third-order valence-electron chi connectivity index (χ3n) is 2.58. The predicted molar refractivity (Wildman–Crippen MR) is 66.1 cm³/mol. The highest BCUT2D eigenvalue weighted by atomic mass is 16.3. The SMILES string of the molecule is Cc1cc(O)ccc1C(=O)NCCCCCO. The van der Waals surface area contributed by atoms with Crippen molar-refractivity contribution in [1.29, 1.82) is 0 Å². The van der Waals surface area contributed by atoms with Crippen molar-refractivity contribution in [1.82, 2.24) is 5.32 Å². The Kier molecular flexibility index (Phi) is 5.49. The van der Waals surface area contributed by atoms with Crippen molar-refractivity contribution in [2.24, 2.45) is 0 Å². The van der Waals surface area contributed by atoms with Gasteiger partial charge in [0.05, 0.1) is 0 Å². The monoisotopic (exact) mass is 237 g/mol. The van der Waals surface area contributed by atoms with Crippen LogP contribution in [0, 0.1) is 6.92 Å². The molecule has 0 atom stereocenters. The highest BCUT2D eigenvalue weighted by molar-refractivity contribution is 5.95. The van der Waals surface area contributed by atoms with Crippen molar-refractivity contribution >= 4 is 5.91 Å². The van der Waals surface area contributed by atoms with Crippen LogP contribution in [0.15, 0.2) is 18.2 Å². The van der Waals surface area contributed by atoms with Crippen LogP contribution < -0.4 is 5.32 Å². The fourth-order valence-corrected chi connectivity index (χ4v) is 1.61. The minimum atomic E-state index is -0.119. The zero-order valence-corrected chi connectivity index (χ0v) is 10.1. The van der Waals surface area contributed by atoms with Gasteiger partial charge in [-0.3, -0.25) is 4.79 Å². The number of rotatable bonds is 6. The first-order chi connectivity index (χ1) is 8.15. The van der Waals surface area contributed by atoms with Crippen LogP contribution in [0.5, 0.6) is 5.75 Å². The van der Waals surface area contributed by atoms with Crippen LogP contribution >= 0.6 is 0 Å². The smallest absolute Gasteiger partial charge is 0.251 e. The zero-order valence-electron chi connectivity index (χ0n) is 10.1. The number of phenolic OH excluding ortho intramolecular Hbond substituents is 1. The molecular weight excluding hydrogens is 218 g/mol. The second-order valence-electron chi connectivity index (χ2n) is 4.04. The predicted octanol–water partition coefficient (Wildman–Crippen LogP) is 1.59. The molecule has 0 aromatic heterocycles. The molecule has 0 heterocycles. The number of aromatic hydroxyl groups is 1. The van der Waals surface area contributed by atoms with Crippen molar-refractivity contribution in [3.63, 3.8) is 0 Å². The van der Waals surface area contributed by atoms with Gasteiger partial charge in [-0.05, 0) is 49.9 Å². The molecule has 1 rings (SSSR count). The van der Waals surface area contributed by atoms with Gasteiger partial charge in [0, 0.05) is 18.7 Å². The maximum absolute atomic E-state index is 11.8. The number of nitrogens with one attached hydrogen (secondary N) is 1. The van der Waals surface area contributed by atoms with Crippen molar-refractivity contribution in [3.05, 3.63) is 29.3 Å². The minimum absolute atomic E-state index is 0.119. The van der Waals surface area contributed by atoms with Gasteiger partial charge in [-0.2, -0.15) is 0 Å². The molecule has 4 heteroatoms. The highest BCUT2D eigenvalue weighted by Gasteiger charge is 2.08. The topological polar surface area (TPSA) is 69.6 Å². The molecule has 1 amide bonds. The summed E-state index contributed by atoms with van der Waals surface area (Å²) >= 11 is 0. The first-order valence-electron chi connectivity index (χ1n) is 5.84. The van der Waals surface area contributed by atoms with Crippen LogP contribution in [0.4, 0.5) is 0 Å². The van der Waals surface area contributed by atoms with Crippen molar-refractivity contribution < 1.29 is 15.0 Å². The lowest BCUT2D eigenvalue weighted by molar-refractivity contribution is 0.0952. The summed E-state index contributed by atoms with van der Waals surface area (Å²) in [6.45, 7) is 2.60. The molecule has 0 saturated heterocycles. The molecule has 0 fully saturated rings. The second kappa shape index (κ2) is 6.91. The number of unbranched alkanes of at least 4 members (excludes halogenated alkanes) is 2. The van der Waals surface area contributed by atoms with E-state index in [4.69, 9.17) is 5.11 Å². The lowest BCUT2D eigenvalue weighted by Gasteiger charge is -2.07. The number of amides is 1. The molecule has 1 aromatic rings. The van der Waals surface area contributed by atoms with Gasteiger partial charge >= 0.3 is 0 Å². The van der Waals surface area contributed by atoms with E-state index in [0.717, 1.165) is 24.8 Å². The Morgan fingerprint density at radius 2 is 2.06 bits per heavy atom. The van der Waals surface area contributed by atoms with Gasteiger partial charge in [0.15, 0.2) is 0 Å². The Hall–Kier alpha value is -1.55. The lowest BCUT2D eigenvalue weighted by Crippen LogP contribution is -2.25. The normalized spacial score (nSPS) is 10.2. The zero-order chi connectivity index (χ0) is 12.7. The third-order valence-corrected chi connectivity index (χ3v) is 2.58. The molecule has 0 radical (unpaired) electrons. The van der Waals surface area contributed by atoms with Gasteiger partial charge in [-0.15, -0.1) is 0 Å². The quantitative estimate of drug-likeness (QED) is 0.658. The summed E-state index contributed by atoms with van der Waals surface area (Å²) in [6.07, 6.45) is 2.54. The summed E-state index contributed by atoms with van der Waals surface area (Å²) in [5.74, 6) is 0.0495. The number of phenols is 1. The van der Waals surface area contributed by atoms with E-state index in [-0.39, 0.29) is 18.3 Å². The number of benzene rings is 1. The third kappa shape index (κ3) is 4.44. The second-order valence-corrected chi connectivity index (χ2v) is 4.04. The van der Waals surface area contributed by atoms with E-state index in [1.54, 1.807) is 19.1 Å². The Balaban J connectivity index is 2.42. The maximum Gasteiger partial charge on any atom is 0.251 e. The van der Waals surface area contributed by atoms with Crippen LogP contribution in [0.3, 0.4) is 0 Å². The Bertz CT molecular complexity index is 377. The Labute approximate surface area is 101 Å². The highest BCUT2D eigenvalue weighted by Crippen LogP contribution is 2.15. The lowest BCUT2D eigenvalue weighted by atomic mass is 10.1. The van der Waals surface area contributed by atoms with Crippen molar-refractivity contribution in [2.45, 2.75) is 26.2 Å². The number of aliphatic hydroxyl groups is 1. The molecule has 1 aromatic carbocycles.